The summed E-state index contributed by atoms with van der Waals surface area (Å²) in [5.41, 5.74) is 2.61. The van der Waals surface area contributed by atoms with E-state index in [-0.39, 0.29) is 0 Å². The molecule has 0 spiro atoms. The van der Waals surface area contributed by atoms with Gasteiger partial charge in [0.05, 0.1) is 13.2 Å². The van der Waals surface area contributed by atoms with Crippen LogP contribution in [-0.4, -0.2) is 56.8 Å². The van der Waals surface area contributed by atoms with Gasteiger partial charge in [-0.2, -0.15) is 0 Å². The van der Waals surface area contributed by atoms with E-state index in [9.17, 15) is 0 Å². The lowest BCUT2D eigenvalue weighted by Crippen LogP contribution is -2.52. The van der Waals surface area contributed by atoms with E-state index in [0.29, 0.717) is 25.2 Å². The summed E-state index contributed by atoms with van der Waals surface area (Å²) >= 11 is 0. The van der Waals surface area contributed by atoms with Crippen molar-refractivity contribution in [1.82, 2.24) is 15.6 Å². The van der Waals surface area contributed by atoms with Gasteiger partial charge in [0.15, 0.2) is 0 Å². The maximum atomic E-state index is 5.44. The average molecular weight is 243 g/mol. The molecule has 1 fully saturated rings. The first-order chi connectivity index (χ1) is 8.30. The molecule has 17 heavy (non-hydrogen) atoms. The molecule has 0 aromatic heterocycles. The van der Waals surface area contributed by atoms with Gasteiger partial charge in [0.2, 0.25) is 5.96 Å². The predicted octanol–water partition coefficient (Wildman–Crippen LogP) is -0.474. The number of hydrazine groups is 1. The third-order valence-electron chi connectivity index (χ3n) is 3.00. The van der Waals surface area contributed by atoms with Gasteiger partial charge >= 0.3 is 0 Å². The number of methoxy groups -OCH3 is 1. The van der Waals surface area contributed by atoms with E-state index in [1.165, 1.54) is 19.4 Å². The van der Waals surface area contributed by atoms with Gasteiger partial charge in [-0.1, -0.05) is 6.92 Å². The number of hydrogen-bond donors (Lipinski definition) is 3. The van der Waals surface area contributed by atoms with Crippen LogP contribution in [0.2, 0.25) is 0 Å². The van der Waals surface area contributed by atoms with Crippen LogP contribution in [-0.2, 0) is 4.74 Å². The summed E-state index contributed by atoms with van der Waals surface area (Å²) in [6.07, 6.45) is 2.39. The van der Waals surface area contributed by atoms with Gasteiger partial charge in [0, 0.05) is 19.7 Å². The zero-order valence-corrected chi connectivity index (χ0v) is 10.9. The van der Waals surface area contributed by atoms with Crippen LogP contribution in [0.15, 0.2) is 4.99 Å². The molecule has 0 bridgehead atoms. The zero-order chi connectivity index (χ0) is 12.5. The molecule has 100 valence electrons. The number of piperidine rings is 1. The molecule has 1 unspecified atom stereocenters. The summed E-state index contributed by atoms with van der Waals surface area (Å²) in [7, 11) is 1.67. The third-order valence-corrected chi connectivity index (χ3v) is 3.00. The molecule has 0 aliphatic carbocycles. The van der Waals surface area contributed by atoms with Gasteiger partial charge in [0.1, 0.15) is 0 Å². The van der Waals surface area contributed by atoms with E-state index in [1.54, 1.807) is 7.11 Å². The van der Waals surface area contributed by atoms with Crippen LogP contribution < -0.4 is 16.6 Å². The summed E-state index contributed by atoms with van der Waals surface area (Å²) in [4.78, 5) is 6.74. The van der Waals surface area contributed by atoms with Crippen molar-refractivity contribution in [1.29, 1.82) is 0 Å². The molecule has 1 heterocycles. The second-order valence-electron chi connectivity index (χ2n) is 4.24. The number of nitrogens with zero attached hydrogens (tertiary/aromatic N) is 2. The largest absolute Gasteiger partial charge is 0.383 e. The molecule has 0 amide bonds. The molecule has 1 atom stereocenters. The van der Waals surface area contributed by atoms with Crippen LogP contribution in [0, 0.1) is 0 Å². The second kappa shape index (κ2) is 8.27. The number of nitrogens with two attached hydrogens (primary N) is 1. The maximum absolute atomic E-state index is 5.44. The minimum atomic E-state index is 0.432. The van der Waals surface area contributed by atoms with Crippen LogP contribution in [0.3, 0.4) is 0 Å². The lowest BCUT2D eigenvalue weighted by Gasteiger charge is -2.32. The topological polar surface area (TPSA) is 74.9 Å². The second-order valence-corrected chi connectivity index (χ2v) is 4.24. The number of nitrogens with one attached hydrogen (secondary N) is 2. The Bertz CT molecular complexity index is 234. The predicted molar refractivity (Wildman–Crippen MR) is 69.8 cm³/mol. The monoisotopic (exact) mass is 243 g/mol. The molecule has 0 radical (unpaired) electrons. The molecule has 1 rings (SSSR count). The van der Waals surface area contributed by atoms with Crippen molar-refractivity contribution in [2.24, 2.45) is 10.8 Å². The Labute approximate surface area is 104 Å². The molecular weight excluding hydrogens is 218 g/mol. The Morgan fingerprint density at radius 1 is 1.59 bits per heavy atom. The minimum Gasteiger partial charge on any atom is -0.383 e. The van der Waals surface area contributed by atoms with Gasteiger partial charge in [-0.3, -0.25) is 5.43 Å². The van der Waals surface area contributed by atoms with Crippen LogP contribution in [0.5, 0.6) is 0 Å². The zero-order valence-electron chi connectivity index (χ0n) is 10.9. The fourth-order valence-electron chi connectivity index (χ4n) is 2.04. The quantitative estimate of drug-likeness (QED) is 0.200. The summed E-state index contributed by atoms with van der Waals surface area (Å²) in [5, 5.41) is 3.35. The first kappa shape index (κ1) is 14.2. The first-order valence-electron chi connectivity index (χ1n) is 6.29. The van der Waals surface area contributed by atoms with Gasteiger partial charge in [-0.15, -0.1) is 0 Å². The summed E-state index contributed by atoms with van der Waals surface area (Å²) in [5.74, 6) is 6.10. The molecule has 6 heteroatoms. The van der Waals surface area contributed by atoms with Gasteiger partial charge in [-0.05, 0) is 25.9 Å². The molecule has 0 aromatic carbocycles. The minimum absolute atomic E-state index is 0.432. The Morgan fingerprint density at radius 2 is 2.41 bits per heavy atom. The Morgan fingerprint density at radius 3 is 3.06 bits per heavy atom. The van der Waals surface area contributed by atoms with Gasteiger partial charge in [-0.25, -0.2) is 10.8 Å². The Kier molecular flexibility index (Phi) is 6.91. The maximum Gasteiger partial charge on any atom is 0.206 e. The van der Waals surface area contributed by atoms with E-state index >= 15 is 0 Å². The smallest absolute Gasteiger partial charge is 0.206 e. The van der Waals surface area contributed by atoms with E-state index in [1.807, 2.05) is 0 Å². The summed E-state index contributed by atoms with van der Waals surface area (Å²) in [6.45, 7) is 6.77. The van der Waals surface area contributed by atoms with E-state index in [4.69, 9.17) is 10.6 Å². The molecule has 0 saturated carbocycles. The van der Waals surface area contributed by atoms with Crippen LogP contribution in [0.4, 0.5) is 0 Å². The van der Waals surface area contributed by atoms with Crippen LogP contribution in [0.1, 0.15) is 19.8 Å². The lowest BCUT2D eigenvalue weighted by molar-refractivity contribution is 0.205. The number of likely N-dealkylation sites (tertiary alicyclic amines) is 1. The van der Waals surface area contributed by atoms with Crippen molar-refractivity contribution in [2.75, 3.05) is 39.9 Å². The number of ether oxygens (including phenoxy) is 1. The SMILES string of the molecule is CCN1CCCC(NC(=NCCOC)NN)C1. The van der Waals surface area contributed by atoms with E-state index < -0.39 is 0 Å². The third kappa shape index (κ3) is 5.34. The summed E-state index contributed by atoms with van der Waals surface area (Å²) in [6, 6.07) is 0.432. The molecule has 1 aliphatic heterocycles. The van der Waals surface area contributed by atoms with Crippen LogP contribution >= 0.6 is 0 Å². The highest BCUT2D eigenvalue weighted by atomic mass is 16.5. The highest BCUT2D eigenvalue weighted by Gasteiger charge is 2.19. The normalized spacial score (nSPS) is 22.5. The highest BCUT2D eigenvalue weighted by molar-refractivity contribution is 5.79. The van der Waals surface area contributed by atoms with Crippen molar-refractivity contribution in [3.8, 4) is 0 Å². The fourth-order valence-corrected chi connectivity index (χ4v) is 2.04. The molecule has 4 N–H and O–H groups in total. The van der Waals surface area contributed by atoms with Crippen LogP contribution in [0.25, 0.3) is 0 Å². The molecule has 1 saturated heterocycles. The Balaban J connectivity index is 2.36. The van der Waals surface area contributed by atoms with Crippen molar-refractivity contribution in [2.45, 2.75) is 25.8 Å². The van der Waals surface area contributed by atoms with Crippen molar-refractivity contribution in [3.05, 3.63) is 0 Å². The van der Waals surface area contributed by atoms with E-state index in [2.05, 4.69) is 27.6 Å². The first-order valence-corrected chi connectivity index (χ1v) is 6.29. The fraction of sp³-hybridized carbons (Fsp3) is 0.909. The number of guanidine groups is 1. The van der Waals surface area contributed by atoms with E-state index in [0.717, 1.165) is 13.1 Å². The number of rotatable bonds is 5. The van der Waals surface area contributed by atoms with Gasteiger partial charge in [0.25, 0.3) is 0 Å². The molecule has 6 nitrogen and oxygen atoms in total. The van der Waals surface area contributed by atoms with Crippen molar-refractivity contribution >= 4 is 5.96 Å². The molecular formula is C11H25N5O. The number of aliphatic imine (C=N–C) groups is 1. The van der Waals surface area contributed by atoms with Gasteiger partial charge < -0.3 is 15.0 Å². The number of likely N-dealkylation sites (N-methyl/N-ethyl adjacent to an activating group) is 1. The molecule has 0 aromatic rings. The average Bonchev–Trinajstić information content (AvgIpc) is 2.38. The van der Waals surface area contributed by atoms with Crippen molar-refractivity contribution in [3.63, 3.8) is 0 Å². The number of hydrogen-bond acceptors (Lipinski definition) is 4. The Hall–Kier alpha value is -0.850. The molecule has 1 aliphatic rings. The highest BCUT2D eigenvalue weighted by Crippen LogP contribution is 2.09. The standard InChI is InChI=1S/C11H25N5O/c1-3-16-7-4-5-10(9-16)14-11(15-12)13-6-8-17-2/h10H,3-9,12H2,1-2H3,(H2,13,14,15). The van der Waals surface area contributed by atoms with Crippen molar-refractivity contribution < 1.29 is 4.74 Å². The lowest BCUT2D eigenvalue weighted by atomic mass is 10.1. The summed E-state index contributed by atoms with van der Waals surface area (Å²) < 4.78 is 4.95.